The Labute approximate surface area is 91.7 Å². The molecule has 2 saturated heterocycles. The van der Waals surface area contributed by atoms with E-state index in [4.69, 9.17) is 9.47 Å². The summed E-state index contributed by atoms with van der Waals surface area (Å²) >= 11 is 0. The van der Waals surface area contributed by atoms with Crippen LogP contribution in [0.1, 0.15) is 19.8 Å². The monoisotopic (exact) mass is 214 g/mol. The van der Waals surface area contributed by atoms with Gasteiger partial charge in [-0.2, -0.15) is 0 Å². The number of hydrogen-bond acceptors (Lipinski definition) is 4. The summed E-state index contributed by atoms with van der Waals surface area (Å²) in [7, 11) is 0. The van der Waals surface area contributed by atoms with Crippen molar-refractivity contribution in [1.82, 2.24) is 10.6 Å². The summed E-state index contributed by atoms with van der Waals surface area (Å²) in [5.41, 5.74) is 0.0576. The van der Waals surface area contributed by atoms with Crippen LogP contribution in [0.15, 0.2) is 0 Å². The number of nitrogens with one attached hydrogen (secondary N) is 2. The van der Waals surface area contributed by atoms with E-state index in [1.165, 1.54) is 12.8 Å². The van der Waals surface area contributed by atoms with Gasteiger partial charge in [0.05, 0.1) is 18.3 Å². The fourth-order valence-electron chi connectivity index (χ4n) is 2.22. The second kappa shape index (κ2) is 5.25. The van der Waals surface area contributed by atoms with Gasteiger partial charge in [-0.15, -0.1) is 0 Å². The highest BCUT2D eigenvalue weighted by molar-refractivity contribution is 4.83. The Bertz CT molecular complexity index is 187. The maximum Gasteiger partial charge on any atom is 0.0824 e. The maximum absolute atomic E-state index is 5.71. The quantitative estimate of drug-likeness (QED) is 0.698. The molecule has 88 valence electrons. The molecule has 2 fully saturated rings. The molecule has 0 spiro atoms. The zero-order valence-electron chi connectivity index (χ0n) is 9.55. The van der Waals surface area contributed by atoms with Gasteiger partial charge in [-0.3, -0.25) is 0 Å². The van der Waals surface area contributed by atoms with E-state index in [-0.39, 0.29) is 5.60 Å². The van der Waals surface area contributed by atoms with Crippen molar-refractivity contribution in [2.75, 3.05) is 39.4 Å². The minimum absolute atomic E-state index is 0.0576. The second-order valence-corrected chi connectivity index (χ2v) is 4.73. The fourth-order valence-corrected chi connectivity index (χ4v) is 2.22. The van der Waals surface area contributed by atoms with Gasteiger partial charge in [-0.1, -0.05) is 0 Å². The van der Waals surface area contributed by atoms with Gasteiger partial charge in [0.2, 0.25) is 0 Å². The first-order valence-electron chi connectivity index (χ1n) is 5.95. The third kappa shape index (κ3) is 3.41. The van der Waals surface area contributed by atoms with Crippen molar-refractivity contribution in [3.8, 4) is 0 Å². The van der Waals surface area contributed by atoms with E-state index >= 15 is 0 Å². The third-order valence-electron chi connectivity index (χ3n) is 3.18. The van der Waals surface area contributed by atoms with Crippen LogP contribution in [0.5, 0.6) is 0 Å². The number of rotatable bonds is 4. The predicted octanol–water partition coefficient (Wildman–Crippen LogP) is 0.134. The molecule has 0 aromatic heterocycles. The Kier molecular flexibility index (Phi) is 3.97. The normalized spacial score (nSPS) is 37.0. The van der Waals surface area contributed by atoms with Crippen molar-refractivity contribution in [3.05, 3.63) is 0 Å². The zero-order valence-corrected chi connectivity index (χ0v) is 9.55. The molecule has 4 heteroatoms. The van der Waals surface area contributed by atoms with Crippen LogP contribution in [0.4, 0.5) is 0 Å². The van der Waals surface area contributed by atoms with Crippen LogP contribution in [0, 0.1) is 0 Å². The summed E-state index contributed by atoms with van der Waals surface area (Å²) in [4.78, 5) is 0. The van der Waals surface area contributed by atoms with E-state index < -0.39 is 0 Å². The summed E-state index contributed by atoms with van der Waals surface area (Å²) in [6.45, 7) is 7.74. The second-order valence-electron chi connectivity index (χ2n) is 4.73. The standard InChI is InChI=1S/C11H22N2O2/c1-11(3-2-5-15-11)9-13-8-10-7-12-4-6-14-10/h10,12-13H,2-9H2,1H3. The van der Waals surface area contributed by atoms with E-state index in [0.717, 1.165) is 39.4 Å². The van der Waals surface area contributed by atoms with Crippen molar-refractivity contribution in [1.29, 1.82) is 0 Å². The summed E-state index contributed by atoms with van der Waals surface area (Å²) in [5.74, 6) is 0. The topological polar surface area (TPSA) is 42.5 Å². The molecule has 0 aromatic carbocycles. The minimum Gasteiger partial charge on any atom is -0.374 e. The van der Waals surface area contributed by atoms with Gasteiger partial charge in [0, 0.05) is 32.8 Å². The Hall–Kier alpha value is -0.160. The highest BCUT2D eigenvalue weighted by Gasteiger charge is 2.29. The number of hydrogen-bond donors (Lipinski definition) is 2. The first kappa shape index (κ1) is 11.3. The van der Waals surface area contributed by atoms with Gasteiger partial charge in [0.1, 0.15) is 0 Å². The van der Waals surface area contributed by atoms with Gasteiger partial charge in [-0.05, 0) is 19.8 Å². The molecule has 0 aliphatic carbocycles. The molecule has 2 rings (SSSR count). The summed E-state index contributed by atoms with van der Waals surface area (Å²) in [6.07, 6.45) is 2.69. The summed E-state index contributed by atoms with van der Waals surface area (Å²) in [5, 5.41) is 6.77. The Balaban J connectivity index is 1.61. The zero-order chi connectivity index (χ0) is 10.6. The van der Waals surface area contributed by atoms with Crippen LogP contribution in [0.3, 0.4) is 0 Å². The van der Waals surface area contributed by atoms with Crippen molar-refractivity contribution in [2.24, 2.45) is 0 Å². The van der Waals surface area contributed by atoms with Crippen LogP contribution >= 0.6 is 0 Å². The number of ether oxygens (including phenoxy) is 2. The van der Waals surface area contributed by atoms with Gasteiger partial charge in [0.25, 0.3) is 0 Å². The van der Waals surface area contributed by atoms with E-state index in [1.54, 1.807) is 0 Å². The molecule has 4 nitrogen and oxygen atoms in total. The molecule has 0 radical (unpaired) electrons. The molecule has 0 aromatic rings. The van der Waals surface area contributed by atoms with Gasteiger partial charge >= 0.3 is 0 Å². The van der Waals surface area contributed by atoms with E-state index in [9.17, 15) is 0 Å². The lowest BCUT2D eigenvalue weighted by atomic mass is 10.0. The van der Waals surface area contributed by atoms with Gasteiger partial charge < -0.3 is 20.1 Å². The van der Waals surface area contributed by atoms with Gasteiger partial charge in [-0.25, -0.2) is 0 Å². The SMILES string of the molecule is CC1(CNCC2CNCCO2)CCCO1. The smallest absolute Gasteiger partial charge is 0.0824 e. The maximum atomic E-state index is 5.71. The lowest BCUT2D eigenvalue weighted by molar-refractivity contribution is 0.00629. The van der Waals surface area contributed by atoms with Gasteiger partial charge in [0.15, 0.2) is 0 Å². The Morgan fingerprint density at radius 3 is 3.07 bits per heavy atom. The van der Waals surface area contributed by atoms with Crippen molar-refractivity contribution < 1.29 is 9.47 Å². The molecule has 2 unspecified atom stereocenters. The molecule has 2 aliphatic heterocycles. The number of morpholine rings is 1. The third-order valence-corrected chi connectivity index (χ3v) is 3.18. The predicted molar refractivity (Wildman–Crippen MR) is 59.1 cm³/mol. The van der Waals surface area contributed by atoms with Crippen LogP contribution < -0.4 is 10.6 Å². The molecule has 2 heterocycles. The largest absolute Gasteiger partial charge is 0.374 e. The molecular formula is C11H22N2O2. The molecule has 2 N–H and O–H groups in total. The first-order valence-corrected chi connectivity index (χ1v) is 5.95. The molecule has 2 aliphatic rings. The van der Waals surface area contributed by atoms with E-state index in [0.29, 0.717) is 6.10 Å². The highest BCUT2D eigenvalue weighted by Crippen LogP contribution is 2.23. The summed E-state index contributed by atoms with van der Waals surface area (Å²) < 4.78 is 11.3. The Morgan fingerprint density at radius 2 is 2.40 bits per heavy atom. The summed E-state index contributed by atoms with van der Waals surface area (Å²) in [6, 6.07) is 0. The molecule has 15 heavy (non-hydrogen) atoms. The molecule has 2 atom stereocenters. The molecule has 0 bridgehead atoms. The highest BCUT2D eigenvalue weighted by atomic mass is 16.5. The van der Waals surface area contributed by atoms with Crippen LogP contribution in [0.2, 0.25) is 0 Å². The van der Waals surface area contributed by atoms with E-state index in [1.807, 2.05) is 0 Å². The minimum atomic E-state index is 0.0576. The van der Waals surface area contributed by atoms with Crippen LogP contribution in [0.25, 0.3) is 0 Å². The lowest BCUT2D eigenvalue weighted by Gasteiger charge is -2.27. The van der Waals surface area contributed by atoms with Crippen LogP contribution in [-0.4, -0.2) is 51.1 Å². The van der Waals surface area contributed by atoms with Crippen molar-refractivity contribution in [3.63, 3.8) is 0 Å². The average Bonchev–Trinajstić information content (AvgIpc) is 2.67. The average molecular weight is 214 g/mol. The molecule has 0 saturated carbocycles. The first-order chi connectivity index (χ1) is 7.29. The molecule has 0 amide bonds. The van der Waals surface area contributed by atoms with Crippen molar-refractivity contribution >= 4 is 0 Å². The van der Waals surface area contributed by atoms with Crippen molar-refractivity contribution in [2.45, 2.75) is 31.5 Å². The van der Waals surface area contributed by atoms with E-state index in [2.05, 4.69) is 17.6 Å². The lowest BCUT2D eigenvalue weighted by Crippen LogP contribution is -2.47. The van der Waals surface area contributed by atoms with Crippen LogP contribution in [-0.2, 0) is 9.47 Å². The Morgan fingerprint density at radius 1 is 1.47 bits per heavy atom. The fraction of sp³-hybridized carbons (Fsp3) is 1.00. The molecular weight excluding hydrogens is 192 g/mol.